The summed E-state index contributed by atoms with van der Waals surface area (Å²) >= 11 is 0. The molecule has 1 aliphatic rings. The number of carbonyl (C=O) groups excluding carboxylic acids is 1. The van der Waals surface area contributed by atoms with Crippen LogP contribution in [-0.2, 0) is 4.79 Å². The molecule has 4 N–H and O–H groups in total. The zero-order chi connectivity index (χ0) is 12.0. The third kappa shape index (κ3) is 4.06. The Morgan fingerprint density at radius 2 is 2.19 bits per heavy atom. The minimum Gasteiger partial charge on any atom is -0.465 e. The lowest BCUT2D eigenvalue weighted by atomic mass is 10.2. The summed E-state index contributed by atoms with van der Waals surface area (Å²) in [6.07, 6.45) is 2.54. The Morgan fingerprint density at radius 1 is 1.44 bits per heavy atom. The molecule has 0 bridgehead atoms. The molecule has 0 radical (unpaired) electrons. The second-order valence-electron chi connectivity index (χ2n) is 4.04. The van der Waals surface area contributed by atoms with Crippen molar-refractivity contribution in [2.24, 2.45) is 5.73 Å². The maximum absolute atomic E-state index is 11.1. The monoisotopic (exact) mass is 229 g/mol. The molecular formula is C10H19N3O3. The number of likely N-dealkylation sites (tertiary alicyclic amines) is 1. The predicted molar refractivity (Wildman–Crippen MR) is 59.1 cm³/mol. The maximum atomic E-state index is 11.1. The summed E-state index contributed by atoms with van der Waals surface area (Å²) in [7, 11) is 0. The first-order valence-corrected chi connectivity index (χ1v) is 5.61. The average molecular weight is 229 g/mol. The molecule has 1 heterocycles. The summed E-state index contributed by atoms with van der Waals surface area (Å²) in [6, 6.07) is -0.118. The number of nitrogens with zero attached hydrogens (tertiary/aromatic N) is 1. The van der Waals surface area contributed by atoms with E-state index in [1.807, 2.05) is 0 Å². The van der Waals surface area contributed by atoms with E-state index in [1.54, 1.807) is 0 Å². The van der Waals surface area contributed by atoms with Crippen molar-refractivity contribution in [2.45, 2.75) is 31.7 Å². The molecule has 0 aromatic rings. The van der Waals surface area contributed by atoms with Crippen LogP contribution in [0.25, 0.3) is 0 Å². The van der Waals surface area contributed by atoms with Crippen molar-refractivity contribution >= 4 is 12.0 Å². The van der Waals surface area contributed by atoms with E-state index in [4.69, 9.17) is 10.8 Å². The second kappa shape index (κ2) is 6.32. The van der Waals surface area contributed by atoms with E-state index in [9.17, 15) is 9.59 Å². The fraction of sp³-hybridized carbons (Fsp3) is 0.800. The molecule has 1 saturated heterocycles. The van der Waals surface area contributed by atoms with Crippen molar-refractivity contribution in [2.75, 3.05) is 19.6 Å². The molecule has 1 aliphatic heterocycles. The molecule has 6 heteroatoms. The molecule has 1 rings (SSSR count). The van der Waals surface area contributed by atoms with Crippen LogP contribution in [0.1, 0.15) is 25.7 Å². The largest absolute Gasteiger partial charge is 0.465 e. The van der Waals surface area contributed by atoms with E-state index < -0.39 is 6.09 Å². The number of carboxylic acid groups (broad SMARTS) is 1. The van der Waals surface area contributed by atoms with Gasteiger partial charge in [0.15, 0.2) is 0 Å². The van der Waals surface area contributed by atoms with E-state index in [-0.39, 0.29) is 11.9 Å². The van der Waals surface area contributed by atoms with Crippen LogP contribution in [0.5, 0.6) is 0 Å². The molecule has 0 aromatic heterocycles. The molecule has 0 aliphatic carbocycles. The van der Waals surface area contributed by atoms with Crippen molar-refractivity contribution in [3.63, 3.8) is 0 Å². The minimum atomic E-state index is -0.990. The van der Waals surface area contributed by atoms with Crippen molar-refractivity contribution in [3.05, 3.63) is 0 Å². The summed E-state index contributed by atoms with van der Waals surface area (Å²) in [4.78, 5) is 23.3. The predicted octanol–water partition coefficient (Wildman–Crippen LogP) is -0.0161. The van der Waals surface area contributed by atoms with E-state index >= 15 is 0 Å². The number of carbonyl (C=O) groups is 2. The van der Waals surface area contributed by atoms with Gasteiger partial charge in [-0.15, -0.1) is 0 Å². The summed E-state index contributed by atoms with van der Waals surface area (Å²) in [6.45, 7) is 2.19. The van der Waals surface area contributed by atoms with Gasteiger partial charge in [0.1, 0.15) is 0 Å². The Hall–Kier alpha value is -1.30. The highest BCUT2D eigenvalue weighted by Crippen LogP contribution is 2.16. The number of hydrogen-bond donors (Lipinski definition) is 3. The van der Waals surface area contributed by atoms with E-state index in [0.29, 0.717) is 6.54 Å². The van der Waals surface area contributed by atoms with Crippen molar-refractivity contribution < 1.29 is 14.7 Å². The van der Waals surface area contributed by atoms with Crippen LogP contribution in [0.4, 0.5) is 4.79 Å². The zero-order valence-corrected chi connectivity index (χ0v) is 9.32. The lowest BCUT2D eigenvalue weighted by Crippen LogP contribution is -2.40. The Morgan fingerprint density at radius 3 is 2.81 bits per heavy atom. The van der Waals surface area contributed by atoms with Gasteiger partial charge in [-0.1, -0.05) is 0 Å². The van der Waals surface area contributed by atoms with Gasteiger partial charge < -0.3 is 16.2 Å². The highest BCUT2D eigenvalue weighted by molar-refractivity contribution is 5.80. The van der Waals surface area contributed by atoms with Gasteiger partial charge in [-0.3, -0.25) is 9.69 Å². The Balaban J connectivity index is 2.12. The Bertz CT molecular complexity index is 258. The van der Waals surface area contributed by atoms with Gasteiger partial charge >= 0.3 is 6.09 Å². The first kappa shape index (κ1) is 12.8. The molecule has 1 atom stereocenters. The lowest BCUT2D eigenvalue weighted by Gasteiger charge is -2.21. The van der Waals surface area contributed by atoms with Crippen LogP contribution >= 0.6 is 0 Å². The summed E-state index contributed by atoms with van der Waals surface area (Å²) < 4.78 is 0. The average Bonchev–Trinajstić information content (AvgIpc) is 2.65. The molecule has 0 saturated carbocycles. The quantitative estimate of drug-likeness (QED) is 0.558. The van der Waals surface area contributed by atoms with Gasteiger partial charge in [0.2, 0.25) is 5.91 Å². The fourth-order valence-electron chi connectivity index (χ4n) is 2.05. The Kier molecular flexibility index (Phi) is 5.04. The van der Waals surface area contributed by atoms with Crippen molar-refractivity contribution in [3.8, 4) is 0 Å². The third-order valence-corrected chi connectivity index (χ3v) is 2.84. The molecule has 0 unspecified atom stereocenters. The van der Waals surface area contributed by atoms with Crippen LogP contribution in [0.3, 0.4) is 0 Å². The number of hydrogen-bond acceptors (Lipinski definition) is 3. The highest BCUT2D eigenvalue weighted by Gasteiger charge is 2.27. The molecule has 0 aromatic carbocycles. The van der Waals surface area contributed by atoms with Crippen LogP contribution in [0.2, 0.25) is 0 Å². The smallest absolute Gasteiger partial charge is 0.404 e. The summed E-state index contributed by atoms with van der Waals surface area (Å²) in [5, 5.41) is 10.7. The van der Waals surface area contributed by atoms with E-state index in [1.165, 1.54) is 0 Å². The van der Waals surface area contributed by atoms with Crippen LogP contribution in [-0.4, -0.2) is 47.7 Å². The van der Waals surface area contributed by atoms with Crippen LogP contribution in [0, 0.1) is 0 Å². The second-order valence-corrected chi connectivity index (χ2v) is 4.04. The molecule has 2 amide bonds. The molecule has 0 spiro atoms. The third-order valence-electron chi connectivity index (χ3n) is 2.84. The number of rotatable bonds is 6. The highest BCUT2D eigenvalue weighted by atomic mass is 16.4. The van der Waals surface area contributed by atoms with Gasteiger partial charge in [-0.05, 0) is 38.8 Å². The first-order valence-electron chi connectivity index (χ1n) is 5.61. The van der Waals surface area contributed by atoms with Crippen molar-refractivity contribution in [1.29, 1.82) is 0 Å². The maximum Gasteiger partial charge on any atom is 0.404 e. The first-order chi connectivity index (χ1) is 7.61. The van der Waals surface area contributed by atoms with Crippen LogP contribution in [0.15, 0.2) is 0 Å². The number of primary amides is 1. The van der Waals surface area contributed by atoms with Gasteiger partial charge in [0.05, 0.1) is 6.04 Å². The van der Waals surface area contributed by atoms with Gasteiger partial charge in [0, 0.05) is 6.54 Å². The molecule has 16 heavy (non-hydrogen) atoms. The Labute approximate surface area is 94.8 Å². The number of unbranched alkanes of at least 4 members (excludes halogenated alkanes) is 1. The van der Waals surface area contributed by atoms with E-state index in [0.717, 1.165) is 38.8 Å². The lowest BCUT2D eigenvalue weighted by molar-refractivity contribution is -0.122. The summed E-state index contributed by atoms with van der Waals surface area (Å²) in [5.74, 6) is -0.249. The minimum absolute atomic E-state index is 0.118. The fourth-order valence-corrected chi connectivity index (χ4v) is 2.05. The molecular weight excluding hydrogens is 210 g/mol. The molecule has 92 valence electrons. The molecule has 6 nitrogen and oxygen atoms in total. The van der Waals surface area contributed by atoms with Gasteiger partial charge in [-0.25, -0.2) is 4.79 Å². The standard InChI is InChI=1S/C10H19N3O3/c11-9(14)8-4-3-7-13(8)6-2-1-5-12-10(15)16/h8,12H,1-7H2,(H2,11,14)(H,15,16)/t8-/m0/s1. The number of nitrogens with one attached hydrogen (secondary N) is 1. The van der Waals surface area contributed by atoms with E-state index in [2.05, 4.69) is 10.2 Å². The van der Waals surface area contributed by atoms with Gasteiger partial charge in [0.25, 0.3) is 0 Å². The van der Waals surface area contributed by atoms with Gasteiger partial charge in [-0.2, -0.15) is 0 Å². The van der Waals surface area contributed by atoms with Crippen LogP contribution < -0.4 is 11.1 Å². The molecule has 1 fully saturated rings. The van der Waals surface area contributed by atoms with Crippen molar-refractivity contribution in [1.82, 2.24) is 10.2 Å². The normalized spacial score (nSPS) is 20.9. The SMILES string of the molecule is NC(=O)[C@@H]1CCCN1CCCCNC(=O)O. The topological polar surface area (TPSA) is 95.7 Å². The number of nitrogens with two attached hydrogens (primary N) is 1. The number of amides is 2. The zero-order valence-electron chi connectivity index (χ0n) is 9.32. The summed E-state index contributed by atoms with van der Waals surface area (Å²) in [5.41, 5.74) is 5.29.